The summed E-state index contributed by atoms with van der Waals surface area (Å²) in [4.78, 5) is 28.2. The van der Waals surface area contributed by atoms with Gasteiger partial charge in [-0.25, -0.2) is 4.39 Å². The van der Waals surface area contributed by atoms with Gasteiger partial charge in [-0.05, 0) is 49.6 Å². The van der Waals surface area contributed by atoms with E-state index in [4.69, 9.17) is 9.47 Å². The van der Waals surface area contributed by atoms with Gasteiger partial charge in [-0.15, -0.1) is 0 Å². The van der Waals surface area contributed by atoms with E-state index in [1.54, 1.807) is 36.4 Å². The molecular formula is C29H28FN3O5. The zero-order valence-electron chi connectivity index (χ0n) is 20.9. The molecule has 2 saturated heterocycles. The number of nitrogens with one attached hydrogen (secondary N) is 1. The molecule has 9 heteroatoms. The van der Waals surface area contributed by atoms with Gasteiger partial charge >= 0.3 is 0 Å². The minimum Gasteiger partial charge on any atom is -0.490 e. The predicted molar refractivity (Wildman–Crippen MR) is 138 cm³/mol. The molecule has 0 bridgehead atoms. The van der Waals surface area contributed by atoms with Gasteiger partial charge in [0.25, 0.3) is 11.9 Å². The molecule has 8 nitrogen and oxygen atoms in total. The number of hydrogen-bond donors (Lipinski definition) is 1. The molecule has 3 heterocycles. The molecule has 0 aliphatic carbocycles. The van der Waals surface area contributed by atoms with Crippen LogP contribution in [-0.4, -0.2) is 41.0 Å². The smallest absolute Gasteiger partial charge is 0.256 e. The fraction of sp³-hybridized carbons (Fsp3) is 0.345. The first-order chi connectivity index (χ1) is 18.5. The van der Waals surface area contributed by atoms with E-state index in [1.165, 1.54) is 6.07 Å². The van der Waals surface area contributed by atoms with Crippen molar-refractivity contribution in [1.82, 2.24) is 4.90 Å². The van der Waals surface area contributed by atoms with Gasteiger partial charge in [0.05, 0.1) is 12.5 Å². The van der Waals surface area contributed by atoms with Crippen molar-refractivity contribution >= 4 is 11.6 Å². The lowest BCUT2D eigenvalue weighted by Crippen LogP contribution is -2.55. The number of para-hydroxylation sites is 1. The number of carbonyl (C=O) groups is 1. The number of hydrogen-bond acceptors (Lipinski definition) is 6. The molecular weight excluding hydrogens is 489 g/mol. The molecule has 38 heavy (non-hydrogen) atoms. The summed E-state index contributed by atoms with van der Waals surface area (Å²) < 4.78 is 25.9. The lowest BCUT2D eigenvalue weighted by Gasteiger charge is -2.32. The van der Waals surface area contributed by atoms with E-state index in [9.17, 15) is 19.3 Å². The van der Waals surface area contributed by atoms with Crippen LogP contribution in [0.3, 0.4) is 0 Å². The van der Waals surface area contributed by atoms with Crippen LogP contribution in [-0.2, 0) is 16.9 Å². The number of halogens is 1. The first-order valence-corrected chi connectivity index (χ1v) is 12.9. The average Bonchev–Trinajstić information content (AvgIpc) is 3.57. The van der Waals surface area contributed by atoms with Crippen LogP contribution in [0.4, 0.5) is 10.1 Å². The van der Waals surface area contributed by atoms with Crippen molar-refractivity contribution in [3.05, 3.63) is 99.4 Å². The van der Waals surface area contributed by atoms with E-state index in [0.717, 1.165) is 18.4 Å². The highest BCUT2D eigenvalue weighted by Crippen LogP contribution is 2.58. The fourth-order valence-corrected chi connectivity index (χ4v) is 6.67. The minimum atomic E-state index is -1.38. The Morgan fingerprint density at radius 2 is 1.89 bits per heavy atom. The number of carbonyl (C=O) groups excluding carboxylic acids is 1. The molecule has 3 aromatic rings. The Morgan fingerprint density at radius 1 is 1.11 bits per heavy atom. The molecule has 3 aromatic carbocycles. The summed E-state index contributed by atoms with van der Waals surface area (Å²) in [7, 11) is 0. The summed E-state index contributed by atoms with van der Waals surface area (Å²) in [5.41, 5.74) is 1.05. The molecule has 3 aliphatic heterocycles. The zero-order valence-corrected chi connectivity index (χ0v) is 20.9. The number of fused-ring (bicyclic) bond motifs is 4. The summed E-state index contributed by atoms with van der Waals surface area (Å²) in [5, 5.41) is 15.7. The van der Waals surface area contributed by atoms with E-state index >= 15 is 0 Å². The summed E-state index contributed by atoms with van der Waals surface area (Å²) in [5.74, 6) is -0.376. The summed E-state index contributed by atoms with van der Waals surface area (Å²) in [6, 6.07) is 17.6. The third-order valence-electron chi connectivity index (χ3n) is 8.09. The topological polar surface area (TPSA) is 93.9 Å². The number of amides is 1. The molecule has 0 saturated carbocycles. The maximum Gasteiger partial charge on any atom is 0.256 e. The van der Waals surface area contributed by atoms with Crippen molar-refractivity contribution < 1.29 is 23.6 Å². The maximum atomic E-state index is 14.1. The van der Waals surface area contributed by atoms with Gasteiger partial charge in [0, 0.05) is 34.3 Å². The number of anilines is 1. The molecule has 1 N–H and O–H groups in total. The number of nitrogens with zero attached hydrogens (tertiary/aromatic N) is 2. The largest absolute Gasteiger partial charge is 0.490 e. The molecule has 4 atom stereocenters. The Labute approximate surface area is 219 Å². The molecule has 6 rings (SSSR count). The van der Waals surface area contributed by atoms with Crippen molar-refractivity contribution in [2.75, 3.05) is 18.5 Å². The van der Waals surface area contributed by atoms with Crippen LogP contribution < -0.4 is 14.8 Å². The number of benzene rings is 3. The van der Waals surface area contributed by atoms with Crippen molar-refractivity contribution in [3.8, 4) is 11.5 Å². The summed E-state index contributed by atoms with van der Waals surface area (Å²) in [6.07, 6.45) is 1.60. The van der Waals surface area contributed by atoms with Crippen LogP contribution in [0.5, 0.6) is 11.5 Å². The average molecular weight is 518 g/mol. The normalized spacial score (nSPS) is 25.7. The molecule has 1 spiro atoms. The number of rotatable bonds is 7. The first kappa shape index (κ1) is 24.4. The van der Waals surface area contributed by atoms with Crippen molar-refractivity contribution in [2.45, 2.75) is 49.9 Å². The Bertz CT molecular complexity index is 1410. The van der Waals surface area contributed by atoms with Crippen molar-refractivity contribution in [2.24, 2.45) is 0 Å². The Hall–Kier alpha value is -3.98. The summed E-state index contributed by atoms with van der Waals surface area (Å²) in [6.45, 7) is 2.83. The lowest BCUT2D eigenvalue weighted by molar-refractivity contribution is -0.534. The van der Waals surface area contributed by atoms with Crippen LogP contribution >= 0.6 is 0 Å². The van der Waals surface area contributed by atoms with Crippen LogP contribution in [0.25, 0.3) is 0 Å². The summed E-state index contributed by atoms with van der Waals surface area (Å²) >= 11 is 0. The zero-order chi connectivity index (χ0) is 26.4. The van der Waals surface area contributed by atoms with E-state index in [2.05, 4.69) is 10.2 Å². The van der Waals surface area contributed by atoms with Gasteiger partial charge in [0.2, 0.25) is 0 Å². The molecule has 0 unspecified atom stereocenters. The fourth-order valence-electron chi connectivity index (χ4n) is 6.67. The van der Waals surface area contributed by atoms with E-state index < -0.39 is 17.5 Å². The minimum absolute atomic E-state index is 0.0174. The van der Waals surface area contributed by atoms with Gasteiger partial charge < -0.3 is 14.8 Å². The van der Waals surface area contributed by atoms with Crippen LogP contribution in [0.2, 0.25) is 0 Å². The van der Waals surface area contributed by atoms with E-state index in [0.29, 0.717) is 41.5 Å². The van der Waals surface area contributed by atoms with Gasteiger partial charge in [0.1, 0.15) is 12.4 Å². The molecule has 0 radical (unpaired) electrons. The highest BCUT2D eigenvalue weighted by Gasteiger charge is 2.73. The Balaban J connectivity index is 1.41. The van der Waals surface area contributed by atoms with Crippen LogP contribution in [0, 0.1) is 15.9 Å². The number of ether oxygens (including phenoxy) is 2. The van der Waals surface area contributed by atoms with Crippen LogP contribution in [0.1, 0.15) is 42.4 Å². The first-order valence-electron chi connectivity index (χ1n) is 12.9. The third kappa shape index (κ3) is 3.56. The molecule has 196 valence electrons. The van der Waals surface area contributed by atoms with Crippen molar-refractivity contribution in [1.29, 1.82) is 0 Å². The third-order valence-corrected chi connectivity index (χ3v) is 8.09. The maximum absolute atomic E-state index is 14.1. The molecule has 0 aromatic heterocycles. The van der Waals surface area contributed by atoms with Gasteiger partial charge in [-0.2, -0.15) is 0 Å². The van der Waals surface area contributed by atoms with Crippen LogP contribution in [0.15, 0.2) is 66.7 Å². The van der Waals surface area contributed by atoms with Crippen molar-refractivity contribution in [3.63, 3.8) is 0 Å². The lowest BCUT2D eigenvalue weighted by atomic mass is 9.77. The second-order valence-corrected chi connectivity index (χ2v) is 9.94. The highest BCUT2D eigenvalue weighted by molar-refractivity contribution is 6.07. The SMILES string of the molecule is CCOc1cc([C@@H]2[C@@H]3CCCN3[C@@]3(C(=O)Nc4ccccc43)[C@@H]2[N+](=O)[O-])ccc1OCc1ccccc1F. The predicted octanol–water partition coefficient (Wildman–Crippen LogP) is 4.86. The quantitative estimate of drug-likeness (QED) is 0.356. The second kappa shape index (κ2) is 9.40. The van der Waals surface area contributed by atoms with Gasteiger partial charge in [0.15, 0.2) is 17.0 Å². The van der Waals surface area contributed by atoms with Gasteiger partial charge in [-0.3, -0.25) is 19.8 Å². The highest BCUT2D eigenvalue weighted by atomic mass is 19.1. The second-order valence-electron chi connectivity index (χ2n) is 9.94. The Kier molecular flexibility index (Phi) is 6.03. The number of nitro groups is 1. The Morgan fingerprint density at radius 3 is 2.68 bits per heavy atom. The van der Waals surface area contributed by atoms with E-state index in [1.807, 2.05) is 31.2 Å². The molecule has 3 aliphatic rings. The standard InChI is InChI=1S/C29H28FN3O5/c1-2-37-25-16-18(13-14-24(25)38-17-19-8-3-5-10-21(19)30)26-23-12-7-15-32(23)29(27(26)33(35)36)20-9-4-6-11-22(20)31-28(29)34/h3-6,8-11,13-14,16,23,26-27H,2,7,12,15,17H2,1H3,(H,31,34)/t23-,26+,27+,29+/m0/s1. The monoisotopic (exact) mass is 517 g/mol. The van der Waals surface area contributed by atoms with Gasteiger partial charge in [-0.1, -0.05) is 42.5 Å². The molecule has 2 fully saturated rings. The molecule has 1 amide bonds. The van der Waals surface area contributed by atoms with E-state index in [-0.39, 0.29) is 29.3 Å².